The molecule has 2 unspecified atom stereocenters. The molecule has 3 aromatic rings. The third kappa shape index (κ3) is 6.59. The van der Waals surface area contributed by atoms with Gasteiger partial charge in [-0.15, -0.1) is 0 Å². The summed E-state index contributed by atoms with van der Waals surface area (Å²) >= 11 is 0. The highest BCUT2D eigenvalue weighted by Gasteiger charge is 2.35. The number of esters is 1. The highest BCUT2D eigenvalue weighted by molar-refractivity contribution is 5.91. The largest absolute Gasteiger partial charge is 0.457 e. The van der Waals surface area contributed by atoms with Gasteiger partial charge in [0, 0.05) is 12.8 Å². The van der Waals surface area contributed by atoms with E-state index in [1.165, 1.54) is 24.3 Å². The van der Waals surface area contributed by atoms with Crippen LogP contribution in [0.15, 0.2) is 54.6 Å². The topological polar surface area (TPSA) is 69.8 Å². The van der Waals surface area contributed by atoms with Gasteiger partial charge < -0.3 is 23.7 Å². The van der Waals surface area contributed by atoms with Crippen LogP contribution in [0, 0.1) is 11.6 Å². The standard InChI is InChI=1S/C27H21F5O6/c28-22-9-15(7-18-12-34-18)1-4-20(22)26(33)38-17-3-6-24(21(11-17)27(30,31)32)36-14-37-25-5-2-16(10-23(25)29)8-19-13-35-19/h1-6,9-11,18-19H,7-8,12-14H2. The molecule has 0 saturated carbocycles. The minimum absolute atomic E-state index is 0.0196. The summed E-state index contributed by atoms with van der Waals surface area (Å²) in [5.74, 6) is -3.99. The van der Waals surface area contributed by atoms with Gasteiger partial charge >= 0.3 is 12.1 Å². The van der Waals surface area contributed by atoms with Crippen molar-refractivity contribution in [1.29, 1.82) is 0 Å². The molecule has 5 rings (SSSR count). The molecule has 2 saturated heterocycles. The van der Waals surface area contributed by atoms with Crippen molar-refractivity contribution in [2.75, 3.05) is 20.0 Å². The molecule has 3 aromatic carbocycles. The number of hydrogen-bond acceptors (Lipinski definition) is 6. The van der Waals surface area contributed by atoms with E-state index in [0.717, 1.165) is 18.2 Å². The third-order valence-corrected chi connectivity index (χ3v) is 5.88. The quantitative estimate of drug-likeness (QED) is 0.112. The van der Waals surface area contributed by atoms with E-state index in [4.69, 9.17) is 23.7 Å². The van der Waals surface area contributed by atoms with Gasteiger partial charge in [0.25, 0.3) is 0 Å². The van der Waals surface area contributed by atoms with E-state index in [2.05, 4.69) is 0 Å². The molecule has 2 aliphatic rings. The first-order valence-electron chi connectivity index (χ1n) is 11.6. The highest BCUT2D eigenvalue weighted by atomic mass is 19.4. The van der Waals surface area contributed by atoms with Gasteiger partial charge in [0.1, 0.15) is 22.9 Å². The molecule has 2 atom stereocenters. The van der Waals surface area contributed by atoms with E-state index in [9.17, 15) is 26.7 Å². The number of benzene rings is 3. The number of rotatable bonds is 10. The number of hydrogen-bond donors (Lipinski definition) is 0. The van der Waals surface area contributed by atoms with Crippen molar-refractivity contribution >= 4 is 5.97 Å². The van der Waals surface area contributed by atoms with Gasteiger partial charge in [0.15, 0.2) is 11.6 Å². The Labute approximate surface area is 213 Å². The zero-order chi connectivity index (χ0) is 26.9. The minimum Gasteiger partial charge on any atom is -0.457 e. The highest BCUT2D eigenvalue weighted by Crippen LogP contribution is 2.39. The lowest BCUT2D eigenvalue weighted by atomic mass is 10.1. The predicted molar refractivity (Wildman–Crippen MR) is 122 cm³/mol. The van der Waals surface area contributed by atoms with Crippen LogP contribution in [0.25, 0.3) is 0 Å². The Hall–Kier alpha value is -3.70. The molecular formula is C27H21F5O6. The normalized spacial score (nSPS) is 18.1. The van der Waals surface area contributed by atoms with Crippen LogP contribution in [-0.2, 0) is 28.5 Å². The Kier molecular flexibility index (Phi) is 7.22. The van der Waals surface area contributed by atoms with Gasteiger partial charge in [-0.1, -0.05) is 12.1 Å². The van der Waals surface area contributed by atoms with Crippen LogP contribution in [0.3, 0.4) is 0 Å². The van der Waals surface area contributed by atoms with Crippen molar-refractivity contribution < 1.29 is 50.4 Å². The molecule has 200 valence electrons. The number of ether oxygens (including phenoxy) is 5. The molecule has 0 spiro atoms. The molecule has 2 fully saturated rings. The molecule has 0 aliphatic carbocycles. The molecule has 0 N–H and O–H groups in total. The maximum atomic E-state index is 14.4. The summed E-state index contributed by atoms with van der Waals surface area (Å²) in [4.78, 5) is 12.4. The molecule has 2 heterocycles. The minimum atomic E-state index is -4.88. The number of epoxide rings is 2. The maximum absolute atomic E-state index is 14.4. The molecular weight excluding hydrogens is 515 g/mol. The lowest BCUT2D eigenvalue weighted by Crippen LogP contribution is -2.14. The van der Waals surface area contributed by atoms with E-state index >= 15 is 0 Å². The van der Waals surface area contributed by atoms with Crippen molar-refractivity contribution in [3.63, 3.8) is 0 Å². The van der Waals surface area contributed by atoms with Gasteiger partial charge in [-0.05, 0) is 53.6 Å². The van der Waals surface area contributed by atoms with Gasteiger partial charge in [0.2, 0.25) is 6.79 Å². The van der Waals surface area contributed by atoms with Gasteiger partial charge in [-0.3, -0.25) is 0 Å². The fraction of sp³-hybridized carbons (Fsp3) is 0.296. The van der Waals surface area contributed by atoms with Crippen LogP contribution in [-0.4, -0.2) is 38.2 Å². The maximum Gasteiger partial charge on any atom is 0.420 e. The van der Waals surface area contributed by atoms with Crippen LogP contribution < -0.4 is 14.2 Å². The molecule has 0 aromatic heterocycles. The molecule has 0 amide bonds. The van der Waals surface area contributed by atoms with Gasteiger partial charge in [-0.2, -0.15) is 13.2 Å². The lowest BCUT2D eigenvalue weighted by Gasteiger charge is -2.16. The molecule has 11 heteroatoms. The molecule has 6 nitrogen and oxygen atoms in total. The Balaban J connectivity index is 1.23. The van der Waals surface area contributed by atoms with Crippen molar-refractivity contribution in [3.05, 3.63) is 88.5 Å². The fourth-order valence-electron chi connectivity index (χ4n) is 3.78. The van der Waals surface area contributed by atoms with Crippen molar-refractivity contribution in [2.45, 2.75) is 31.2 Å². The van der Waals surface area contributed by atoms with Crippen LogP contribution in [0.5, 0.6) is 17.2 Å². The van der Waals surface area contributed by atoms with Crippen LogP contribution in [0.2, 0.25) is 0 Å². The van der Waals surface area contributed by atoms with Crippen LogP contribution in [0.1, 0.15) is 27.0 Å². The van der Waals surface area contributed by atoms with E-state index < -0.39 is 53.2 Å². The average Bonchev–Trinajstić information content (AvgIpc) is 3.78. The Morgan fingerprint density at radius 2 is 1.39 bits per heavy atom. The molecule has 0 radical (unpaired) electrons. The number of alkyl halides is 3. The van der Waals surface area contributed by atoms with E-state index in [1.807, 2.05) is 0 Å². The Bertz CT molecular complexity index is 1330. The van der Waals surface area contributed by atoms with Crippen LogP contribution in [0.4, 0.5) is 22.0 Å². The van der Waals surface area contributed by atoms with Crippen molar-refractivity contribution in [1.82, 2.24) is 0 Å². The second kappa shape index (κ2) is 10.6. The summed E-state index contributed by atoms with van der Waals surface area (Å²) in [6, 6.07) is 10.7. The van der Waals surface area contributed by atoms with E-state index in [-0.39, 0.29) is 18.0 Å². The first-order valence-corrected chi connectivity index (χ1v) is 11.6. The summed E-state index contributed by atoms with van der Waals surface area (Å²) < 4.78 is 95.1. The van der Waals surface area contributed by atoms with Crippen molar-refractivity contribution in [2.24, 2.45) is 0 Å². The van der Waals surface area contributed by atoms with Crippen LogP contribution >= 0.6 is 0 Å². The van der Waals surface area contributed by atoms with Gasteiger partial charge in [0.05, 0.1) is 31.0 Å². The summed E-state index contributed by atoms with van der Waals surface area (Å²) in [6.45, 7) is 0.487. The summed E-state index contributed by atoms with van der Waals surface area (Å²) in [7, 11) is 0. The average molecular weight is 536 g/mol. The SMILES string of the molecule is O=C(Oc1ccc(OCOc2ccc(CC3CO3)cc2F)c(C(F)(F)F)c1)c1ccc(CC2CO2)cc1F. The summed E-state index contributed by atoms with van der Waals surface area (Å²) in [6.07, 6.45) is -3.76. The van der Waals surface area contributed by atoms with E-state index in [1.54, 1.807) is 6.07 Å². The smallest absolute Gasteiger partial charge is 0.420 e. The summed E-state index contributed by atoms with van der Waals surface area (Å²) in [5.41, 5.74) is -0.364. The Morgan fingerprint density at radius 3 is 1.97 bits per heavy atom. The predicted octanol–water partition coefficient (Wildman–Crippen LogP) is 5.50. The fourth-order valence-corrected chi connectivity index (χ4v) is 3.78. The Morgan fingerprint density at radius 1 is 0.816 bits per heavy atom. The lowest BCUT2D eigenvalue weighted by molar-refractivity contribution is -0.139. The molecule has 38 heavy (non-hydrogen) atoms. The first kappa shape index (κ1) is 25.9. The zero-order valence-corrected chi connectivity index (χ0v) is 19.7. The molecule has 0 bridgehead atoms. The third-order valence-electron chi connectivity index (χ3n) is 5.88. The second-order valence-corrected chi connectivity index (χ2v) is 8.85. The van der Waals surface area contributed by atoms with E-state index in [0.29, 0.717) is 43.2 Å². The zero-order valence-electron chi connectivity index (χ0n) is 19.7. The number of carbonyl (C=O) groups is 1. The van der Waals surface area contributed by atoms with Gasteiger partial charge in [-0.25, -0.2) is 13.6 Å². The number of halogens is 5. The monoisotopic (exact) mass is 536 g/mol. The summed E-state index contributed by atoms with van der Waals surface area (Å²) in [5, 5.41) is 0. The second-order valence-electron chi connectivity index (χ2n) is 8.85. The first-order chi connectivity index (χ1) is 18.2. The molecule has 2 aliphatic heterocycles. The number of carbonyl (C=O) groups excluding carboxylic acids is 1. The van der Waals surface area contributed by atoms with Crippen molar-refractivity contribution in [3.8, 4) is 17.2 Å².